The highest BCUT2D eigenvalue weighted by molar-refractivity contribution is 5.29. The quantitative estimate of drug-likeness (QED) is 0.630. The van der Waals surface area contributed by atoms with Crippen LogP contribution in [-0.4, -0.2) is 10.1 Å². The Bertz CT molecular complexity index is 309. The van der Waals surface area contributed by atoms with Gasteiger partial charge in [-0.05, 0) is 19.9 Å². The van der Waals surface area contributed by atoms with Crippen molar-refractivity contribution in [1.82, 2.24) is 4.98 Å². The van der Waals surface area contributed by atoms with Crippen LogP contribution >= 0.6 is 0 Å². The van der Waals surface area contributed by atoms with E-state index in [-0.39, 0.29) is 0 Å². The second kappa shape index (κ2) is 2.28. The van der Waals surface area contributed by atoms with E-state index in [0.29, 0.717) is 0 Å². The first-order chi connectivity index (χ1) is 5.61. The summed E-state index contributed by atoms with van der Waals surface area (Å²) in [6, 6.07) is 3.63. The molecule has 64 valence electrons. The zero-order valence-electron chi connectivity index (χ0n) is 7.11. The van der Waals surface area contributed by atoms with Gasteiger partial charge in [0.2, 0.25) is 0 Å². The highest BCUT2D eigenvalue weighted by Crippen LogP contribution is 2.39. The van der Waals surface area contributed by atoms with E-state index < -0.39 is 11.9 Å². The van der Waals surface area contributed by atoms with E-state index in [1.165, 1.54) is 0 Å². The molecule has 1 atom stereocenters. The Labute approximate surface area is 71.0 Å². The van der Waals surface area contributed by atoms with E-state index >= 15 is 0 Å². The molecule has 2 rings (SSSR count). The molecule has 0 fully saturated rings. The Balaban J connectivity index is 2.58. The van der Waals surface area contributed by atoms with Crippen molar-refractivity contribution in [2.24, 2.45) is 0 Å². The first kappa shape index (κ1) is 7.71. The molecule has 1 aliphatic heterocycles. The molecular formula is C9H11NO2. The number of nitrogens with zero attached hydrogens (tertiary/aromatic N) is 1. The van der Waals surface area contributed by atoms with Gasteiger partial charge in [0.25, 0.3) is 0 Å². The second-order valence-corrected chi connectivity index (χ2v) is 3.42. The van der Waals surface area contributed by atoms with Crippen LogP contribution in [0.5, 0.6) is 0 Å². The molecule has 1 N–H and O–H groups in total. The van der Waals surface area contributed by atoms with Crippen LogP contribution in [0.1, 0.15) is 31.4 Å². The van der Waals surface area contributed by atoms with Crippen molar-refractivity contribution >= 4 is 0 Å². The average molecular weight is 165 g/mol. The first-order valence-electron chi connectivity index (χ1n) is 3.92. The van der Waals surface area contributed by atoms with Crippen molar-refractivity contribution in [3.05, 3.63) is 29.6 Å². The van der Waals surface area contributed by atoms with Gasteiger partial charge in [-0.3, -0.25) is 4.98 Å². The summed E-state index contributed by atoms with van der Waals surface area (Å²) in [4.78, 5) is 4.18. The Morgan fingerprint density at radius 3 is 3.00 bits per heavy atom. The summed E-state index contributed by atoms with van der Waals surface area (Å²) in [5.41, 5.74) is 1.15. The molecule has 0 saturated heterocycles. The minimum absolute atomic E-state index is 0.462. The highest BCUT2D eigenvalue weighted by atomic mass is 16.6. The van der Waals surface area contributed by atoms with Crippen molar-refractivity contribution in [2.45, 2.75) is 25.7 Å². The van der Waals surface area contributed by atoms with Gasteiger partial charge in [-0.15, -0.1) is 0 Å². The molecule has 0 saturated carbocycles. The smallest absolute Gasteiger partial charge is 0.184 e. The van der Waals surface area contributed by atoms with Crippen LogP contribution in [0.3, 0.4) is 0 Å². The van der Waals surface area contributed by atoms with Gasteiger partial charge in [-0.25, -0.2) is 0 Å². The number of ether oxygens (including phenoxy) is 1. The Kier molecular flexibility index (Phi) is 1.46. The molecule has 1 aromatic heterocycles. The van der Waals surface area contributed by atoms with E-state index in [4.69, 9.17) is 4.74 Å². The molecule has 12 heavy (non-hydrogen) atoms. The van der Waals surface area contributed by atoms with E-state index in [2.05, 4.69) is 4.98 Å². The first-order valence-corrected chi connectivity index (χ1v) is 3.92. The van der Waals surface area contributed by atoms with Gasteiger partial charge in [0.15, 0.2) is 6.29 Å². The minimum Gasteiger partial charge on any atom is -0.364 e. The van der Waals surface area contributed by atoms with Crippen LogP contribution in [0, 0.1) is 0 Å². The molecular weight excluding hydrogens is 154 g/mol. The predicted octanol–water partition coefficient (Wildman–Crippen LogP) is 1.34. The number of fused-ring (bicyclic) bond motifs is 1. The summed E-state index contributed by atoms with van der Waals surface area (Å²) in [6.07, 6.45) is 0.894. The Morgan fingerprint density at radius 1 is 1.58 bits per heavy atom. The third-order valence-electron chi connectivity index (χ3n) is 2.08. The minimum atomic E-state index is -0.816. The number of aliphatic hydroxyl groups excluding tert-OH is 1. The van der Waals surface area contributed by atoms with Crippen molar-refractivity contribution in [3.63, 3.8) is 0 Å². The summed E-state index contributed by atoms with van der Waals surface area (Å²) in [7, 11) is 0. The zero-order valence-corrected chi connectivity index (χ0v) is 7.11. The van der Waals surface area contributed by atoms with Gasteiger partial charge >= 0.3 is 0 Å². The highest BCUT2D eigenvalue weighted by Gasteiger charge is 2.37. The fourth-order valence-electron chi connectivity index (χ4n) is 1.52. The summed E-state index contributed by atoms with van der Waals surface area (Å²) >= 11 is 0. The molecule has 3 nitrogen and oxygen atoms in total. The molecule has 1 aliphatic rings. The number of hydrogen-bond acceptors (Lipinski definition) is 3. The van der Waals surface area contributed by atoms with Gasteiger partial charge in [-0.2, -0.15) is 0 Å². The SMILES string of the molecule is CC1(C)OC(O)c2cccnc21. The fourth-order valence-corrected chi connectivity index (χ4v) is 1.52. The number of hydrogen-bond donors (Lipinski definition) is 1. The number of aliphatic hydroxyl groups is 1. The maximum absolute atomic E-state index is 9.45. The van der Waals surface area contributed by atoms with E-state index in [0.717, 1.165) is 11.3 Å². The van der Waals surface area contributed by atoms with E-state index in [1.807, 2.05) is 19.9 Å². The molecule has 0 aliphatic carbocycles. The monoisotopic (exact) mass is 165 g/mol. The lowest BCUT2D eigenvalue weighted by Gasteiger charge is -2.16. The third-order valence-corrected chi connectivity index (χ3v) is 2.08. The average Bonchev–Trinajstić information content (AvgIpc) is 2.25. The lowest BCUT2D eigenvalue weighted by Crippen LogP contribution is -2.16. The zero-order chi connectivity index (χ0) is 8.77. The summed E-state index contributed by atoms with van der Waals surface area (Å²) in [5.74, 6) is 0. The Hall–Kier alpha value is -0.930. The van der Waals surface area contributed by atoms with E-state index in [9.17, 15) is 5.11 Å². The topological polar surface area (TPSA) is 42.4 Å². The normalized spacial score (nSPS) is 25.4. The van der Waals surface area contributed by atoms with Gasteiger partial charge < -0.3 is 9.84 Å². The number of rotatable bonds is 0. The number of pyridine rings is 1. The molecule has 0 amide bonds. The van der Waals surface area contributed by atoms with Crippen LogP contribution in [0.2, 0.25) is 0 Å². The molecule has 3 heteroatoms. The molecule has 0 spiro atoms. The van der Waals surface area contributed by atoms with Crippen molar-refractivity contribution in [1.29, 1.82) is 0 Å². The lowest BCUT2D eigenvalue weighted by atomic mass is 10.0. The van der Waals surface area contributed by atoms with Gasteiger partial charge in [0.05, 0.1) is 5.69 Å². The molecule has 0 radical (unpaired) electrons. The van der Waals surface area contributed by atoms with Crippen LogP contribution in [0.15, 0.2) is 18.3 Å². The molecule has 1 unspecified atom stereocenters. The summed E-state index contributed by atoms with van der Waals surface area (Å²) in [6.45, 7) is 3.80. The molecule has 0 aromatic carbocycles. The predicted molar refractivity (Wildman–Crippen MR) is 43.3 cm³/mol. The number of aromatic nitrogens is 1. The maximum Gasteiger partial charge on any atom is 0.184 e. The van der Waals surface area contributed by atoms with Crippen LogP contribution in [0.4, 0.5) is 0 Å². The van der Waals surface area contributed by atoms with Crippen LogP contribution in [-0.2, 0) is 10.3 Å². The summed E-state index contributed by atoms with van der Waals surface area (Å²) < 4.78 is 5.31. The van der Waals surface area contributed by atoms with Crippen molar-refractivity contribution in [3.8, 4) is 0 Å². The lowest BCUT2D eigenvalue weighted by molar-refractivity contribution is -0.158. The molecule has 1 aromatic rings. The van der Waals surface area contributed by atoms with Crippen LogP contribution < -0.4 is 0 Å². The maximum atomic E-state index is 9.45. The van der Waals surface area contributed by atoms with Gasteiger partial charge in [0.1, 0.15) is 5.60 Å². The fraction of sp³-hybridized carbons (Fsp3) is 0.444. The van der Waals surface area contributed by atoms with E-state index in [1.54, 1.807) is 12.3 Å². The molecule has 2 heterocycles. The Morgan fingerprint density at radius 2 is 2.33 bits per heavy atom. The van der Waals surface area contributed by atoms with Crippen molar-refractivity contribution in [2.75, 3.05) is 0 Å². The van der Waals surface area contributed by atoms with Crippen LogP contribution in [0.25, 0.3) is 0 Å². The van der Waals surface area contributed by atoms with Gasteiger partial charge in [-0.1, -0.05) is 6.07 Å². The standard InChI is InChI=1S/C9H11NO2/c1-9(2)7-6(8(11)12-9)4-3-5-10-7/h3-5,8,11H,1-2H3. The largest absolute Gasteiger partial charge is 0.364 e. The second-order valence-electron chi connectivity index (χ2n) is 3.42. The third kappa shape index (κ3) is 0.940. The van der Waals surface area contributed by atoms with Gasteiger partial charge in [0, 0.05) is 11.8 Å². The molecule has 0 bridgehead atoms. The van der Waals surface area contributed by atoms with Crippen molar-refractivity contribution < 1.29 is 9.84 Å². The summed E-state index contributed by atoms with van der Waals surface area (Å²) in [5, 5.41) is 9.45.